The fraction of sp³-hybridized carbons (Fsp3) is 0.188. The van der Waals surface area contributed by atoms with E-state index in [0.29, 0.717) is 27.4 Å². The second-order valence-corrected chi connectivity index (χ2v) is 6.96. The fourth-order valence-electron chi connectivity index (χ4n) is 1.67. The Morgan fingerprint density at radius 2 is 1.74 bits per heavy atom. The molecule has 0 fully saturated rings. The number of hydrogen-bond acceptors (Lipinski definition) is 3. The molecule has 23 heavy (non-hydrogen) atoms. The van der Waals surface area contributed by atoms with Crippen molar-refractivity contribution in [1.82, 2.24) is 5.32 Å². The Hall–Kier alpha value is -1.07. The number of amides is 1. The van der Waals surface area contributed by atoms with Gasteiger partial charge in [-0.2, -0.15) is 0 Å². The first-order chi connectivity index (χ1) is 11.0. The smallest absolute Gasteiger partial charge is 0.257 e. The van der Waals surface area contributed by atoms with Gasteiger partial charge in [0.05, 0.1) is 5.02 Å². The number of thioether (sulfide) groups is 1. The van der Waals surface area contributed by atoms with E-state index in [2.05, 4.69) is 5.32 Å². The van der Waals surface area contributed by atoms with E-state index in [-0.39, 0.29) is 12.5 Å². The normalized spacial score (nSPS) is 10.4. The predicted molar refractivity (Wildman–Crippen MR) is 97.1 cm³/mol. The third-order valence-electron chi connectivity index (χ3n) is 2.76. The molecule has 0 aliphatic carbocycles. The lowest BCUT2D eigenvalue weighted by Gasteiger charge is -2.09. The fourth-order valence-corrected chi connectivity index (χ4v) is 2.90. The van der Waals surface area contributed by atoms with E-state index in [1.165, 1.54) is 0 Å². The molecule has 0 bridgehead atoms. The van der Waals surface area contributed by atoms with Crippen LogP contribution in [-0.4, -0.2) is 24.8 Å². The summed E-state index contributed by atoms with van der Waals surface area (Å²) in [5.41, 5.74) is 0. The van der Waals surface area contributed by atoms with Gasteiger partial charge in [-0.05, 0) is 36.4 Å². The molecule has 2 rings (SSSR count). The van der Waals surface area contributed by atoms with Crippen molar-refractivity contribution in [2.24, 2.45) is 0 Å². The van der Waals surface area contributed by atoms with Gasteiger partial charge in [0.2, 0.25) is 0 Å². The lowest BCUT2D eigenvalue weighted by molar-refractivity contribution is -0.122. The lowest BCUT2D eigenvalue weighted by Crippen LogP contribution is -2.30. The molecule has 1 N–H and O–H groups in total. The summed E-state index contributed by atoms with van der Waals surface area (Å²) in [5.74, 6) is 0.938. The number of benzene rings is 2. The van der Waals surface area contributed by atoms with Crippen LogP contribution in [0.15, 0.2) is 47.4 Å². The van der Waals surface area contributed by atoms with E-state index in [0.717, 1.165) is 10.6 Å². The molecule has 0 aromatic heterocycles. The summed E-state index contributed by atoms with van der Waals surface area (Å²) in [6.07, 6.45) is 0. The van der Waals surface area contributed by atoms with Crippen molar-refractivity contribution >= 4 is 52.5 Å². The molecule has 1 amide bonds. The maximum absolute atomic E-state index is 11.7. The molecule has 0 aliphatic rings. The summed E-state index contributed by atoms with van der Waals surface area (Å²) in [6, 6.07) is 12.4. The van der Waals surface area contributed by atoms with Gasteiger partial charge in [-0.3, -0.25) is 4.79 Å². The van der Waals surface area contributed by atoms with Crippen molar-refractivity contribution in [3.8, 4) is 5.75 Å². The molecule has 0 saturated carbocycles. The van der Waals surface area contributed by atoms with Crippen molar-refractivity contribution in [3.05, 3.63) is 57.5 Å². The number of carbonyl (C=O) groups excluding carboxylic acids is 1. The SMILES string of the molecule is O=C(COc1cc(Cl)ccc1Cl)NCCSc1ccc(Cl)cc1. The first-order valence-electron chi connectivity index (χ1n) is 6.77. The Kier molecular flexibility index (Phi) is 7.37. The molecule has 2 aromatic carbocycles. The molecular weight excluding hydrogens is 377 g/mol. The molecule has 2 aromatic rings. The molecular formula is C16H14Cl3NO2S. The van der Waals surface area contributed by atoms with Gasteiger partial charge in [-0.25, -0.2) is 0 Å². The minimum atomic E-state index is -0.210. The van der Waals surface area contributed by atoms with Crippen molar-refractivity contribution < 1.29 is 9.53 Å². The molecule has 0 radical (unpaired) electrons. The van der Waals surface area contributed by atoms with Gasteiger partial charge >= 0.3 is 0 Å². The lowest BCUT2D eigenvalue weighted by atomic mass is 10.3. The van der Waals surface area contributed by atoms with Crippen LogP contribution in [0.4, 0.5) is 0 Å². The number of hydrogen-bond donors (Lipinski definition) is 1. The molecule has 7 heteroatoms. The predicted octanol–water partition coefficient (Wildman–Crippen LogP) is 4.93. The zero-order valence-electron chi connectivity index (χ0n) is 12.0. The van der Waals surface area contributed by atoms with Crippen LogP contribution in [0.5, 0.6) is 5.75 Å². The highest BCUT2D eigenvalue weighted by atomic mass is 35.5. The van der Waals surface area contributed by atoms with Gasteiger partial charge in [0.15, 0.2) is 6.61 Å². The summed E-state index contributed by atoms with van der Waals surface area (Å²) in [4.78, 5) is 12.8. The standard InChI is InChI=1S/C16H14Cl3NO2S/c17-11-1-4-13(5-2-11)23-8-7-20-16(21)10-22-15-9-12(18)3-6-14(15)19/h1-6,9H,7-8,10H2,(H,20,21). The minimum absolute atomic E-state index is 0.105. The second kappa shape index (κ2) is 9.28. The molecule has 0 unspecified atom stereocenters. The average molecular weight is 391 g/mol. The Bertz CT molecular complexity index is 665. The van der Waals surface area contributed by atoms with Crippen molar-refractivity contribution in [3.63, 3.8) is 0 Å². The van der Waals surface area contributed by atoms with Crippen LogP contribution in [0.25, 0.3) is 0 Å². The molecule has 0 heterocycles. The van der Waals surface area contributed by atoms with E-state index >= 15 is 0 Å². The minimum Gasteiger partial charge on any atom is -0.482 e. The average Bonchev–Trinajstić information content (AvgIpc) is 2.54. The topological polar surface area (TPSA) is 38.3 Å². The highest BCUT2D eigenvalue weighted by Gasteiger charge is 2.06. The first-order valence-corrected chi connectivity index (χ1v) is 8.89. The van der Waals surface area contributed by atoms with Gasteiger partial charge in [0, 0.05) is 33.3 Å². The van der Waals surface area contributed by atoms with Crippen LogP contribution in [-0.2, 0) is 4.79 Å². The molecule has 122 valence electrons. The van der Waals surface area contributed by atoms with E-state index < -0.39 is 0 Å². The summed E-state index contributed by atoms with van der Waals surface area (Å²) in [6.45, 7) is 0.435. The van der Waals surface area contributed by atoms with Gasteiger partial charge in [-0.15, -0.1) is 11.8 Å². The monoisotopic (exact) mass is 389 g/mol. The third-order valence-corrected chi connectivity index (χ3v) is 4.57. The van der Waals surface area contributed by atoms with Crippen molar-refractivity contribution in [2.75, 3.05) is 18.9 Å². The highest BCUT2D eigenvalue weighted by molar-refractivity contribution is 7.99. The van der Waals surface area contributed by atoms with Crippen LogP contribution in [0, 0.1) is 0 Å². The maximum atomic E-state index is 11.7. The van der Waals surface area contributed by atoms with Crippen LogP contribution in [0.3, 0.4) is 0 Å². The van der Waals surface area contributed by atoms with Gasteiger partial charge < -0.3 is 10.1 Å². The van der Waals surface area contributed by atoms with Crippen LogP contribution >= 0.6 is 46.6 Å². The quantitative estimate of drug-likeness (QED) is 0.538. The summed E-state index contributed by atoms with van der Waals surface area (Å²) < 4.78 is 5.36. The summed E-state index contributed by atoms with van der Waals surface area (Å²) >= 11 is 19.3. The largest absolute Gasteiger partial charge is 0.482 e. The van der Waals surface area contributed by atoms with E-state index in [9.17, 15) is 4.79 Å². The van der Waals surface area contributed by atoms with Gasteiger partial charge in [-0.1, -0.05) is 34.8 Å². The number of carbonyl (C=O) groups is 1. The van der Waals surface area contributed by atoms with E-state index in [1.807, 2.05) is 24.3 Å². The Morgan fingerprint density at radius 3 is 2.48 bits per heavy atom. The van der Waals surface area contributed by atoms with Crippen molar-refractivity contribution in [2.45, 2.75) is 4.90 Å². The molecule has 0 atom stereocenters. The molecule has 3 nitrogen and oxygen atoms in total. The van der Waals surface area contributed by atoms with Crippen LogP contribution in [0.1, 0.15) is 0 Å². The number of nitrogens with one attached hydrogen (secondary N) is 1. The Balaban J connectivity index is 1.67. The maximum Gasteiger partial charge on any atom is 0.257 e. The number of rotatable bonds is 7. The highest BCUT2D eigenvalue weighted by Crippen LogP contribution is 2.27. The Morgan fingerprint density at radius 1 is 1.04 bits per heavy atom. The third kappa shape index (κ3) is 6.51. The molecule has 0 saturated heterocycles. The molecule has 0 aliphatic heterocycles. The zero-order valence-corrected chi connectivity index (χ0v) is 15.1. The first kappa shape index (κ1) is 18.3. The van der Waals surface area contributed by atoms with E-state index in [1.54, 1.807) is 30.0 Å². The van der Waals surface area contributed by atoms with E-state index in [4.69, 9.17) is 39.5 Å². The zero-order chi connectivity index (χ0) is 16.7. The van der Waals surface area contributed by atoms with Crippen LogP contribution in [0.2, 0.25) is 15.1 Å². The second-order valence-electron chi connectivity index (χ2n) is 4.52. The van der Waals surface area contributed by atoms with Crippen LogP contribution < -0.4 is 10.1 Å². The summed E-state index contributed by atoms with van der Waals surface area (Å²) in [5, 5.41) is 4.41. The summed E-state index contributed by atoms with van der Waals surface area (Å²) in [7, 11) is 0. The van der Waals surface area contributed by atoms with Gasteiger partial charge in [0.25, 0.3) is 5.91 Å². The number of ether oxygens (including phenoxy) is 1. The van der Waals surface area contributed by atoms with Gasteiger partial charge in [0.1, 0.15) is 5.75 Å². The van der Waals surface area contributed by atoms with Crippen molar-refractivity contribution in [1.29, 1.82) is 0 Å². The molecule has 0 spiro atoms. The number of halogens is 3. The Labute approximate surface area is 154 Å².